The van der Waals surface area contributed by atoms with Crippen LogP contribution in [-0.2, 0) is 23.1 Å². The molecule has 7 nitrogen and oxygen atoms in total. The van der Waals surface area contributed by atoms with Gasteiger partial charge in [-0.15, -0.1) is 0 Å². The summed E-state index contributed by atoms with van der Waals surface area (Å²) in [6, 6.07) is 0. The standard InChI is InChI=1S/C15H29N5O2/c1-11(2)14-12(15(19(3)4)20(5)18-14)9-16-10-13(21)17-7-8-22-6/h11,16H,7-10H2,1-6H3,(H,17,21). The van der Waals surface area contributed by atoms with E-state index in [4.69, 9.17) is 4.74 Å². The van der Waals surface area contributed by atoms with Crippen molar-refractivity contribution in [2.45, 2.75) is 26.3 Å². The van der Waals surface area contributed by atoms with Crippen LogP contribution in [0, 0.1) is 0 Å². The van der Waals surface area contributed by atoms with Crippen LogP contribution in [0.1, 0.15) is 31.0 Å². The Labute approximate surface area is 133 Å². The number of anilines is 1. The molecule has 0 aliphatic carbocycles. The lowest BCUT2D eigenvalue weighted by atomic mass is 10.1. The molecule has 0 aliphatic heterocycles. The van der Waals surface area contributed by atoms with Gasteiger partial charge in [-0.1, -0.05) is 13.8 Å². The van der Waals surface area contributed by atoms with Crippen molar-refractivity contribution < 1.29 is 9.53 Å². The van der Waals surface area contributed by atoms with Crippen molar-refractivity contribution in [1.82, 2.24) is 20.4 Å². The fourth-order valence-electron chi connectivity index (χ4n) is 2.43. The summed E-state index contributed by atoms with van der Waals surface area (Å²) < 4.78 is 6.80. The predicted molar refractivity (Wildman–Crippen MR) is 88.2 cm³/mol. The van der Waals surface area contributed by atoms with Gasteiger partial charge in [0.05, 0.1) is 18.8 Å². The van der Waals surface area contributed by atoms with Gasteiger partial charge in [-0.3, -0.25) is 9.48 Å². The van der Waals surface area contributed by atoms with E-state index in [1.165, 1.54) is 0 Å². The Morgan fingerprint density at radius 1 is 1.41 bits per heavy atom. The minimum Gasteiger partial charge on any atom is -0.383 e. The fraction of sp³-hybridized carbons (Fsp3) is 0.733. The number of hydrogen-bond acceptors (Lipinski definition) is 5. The van der Waals surface area contributed by atoms with Gasteiger partial charge in [0.1, 0.15) is 5.82 Å². The molecule has 0 aromatic carbocycles. The Morgan fingerprint density at radius 3 is 2.64 bits per heavy atom. The average molecular weight is 311 g/mol. The van der Waals surface area contributed by atoms with Gasteiger partial charge < -0.3 is 20.3 Å². The normalized spacial score (nSPS) is 11.0. The van der Waals surface area contributed by atoms with Gasteiger partial charge >= 0.3 is 0 Å². The molecule has 7 heteroatoms. The molecule has 0 saturated heterocycles. The Kier molecular flexibility index (Phi) is 7.34. The maximum atomic E-state index is 11.7. The minimum absolute atomic E-state index is 0.0292. The Hall–Kier alpha value is -1.60. The highest BCUT2D eigenvalue weighted by atomic mass is 16.5. The fourth-order valence-corrected chi connectivity index (χ4v) is 2.43. The average Bonchev–Trinajstić information content (AvgIpc) is 2.76. The number of carbonyl (C=O) groups is 1. The zero-order valence-electron chi connectivity index (χ0n) is 14.6. The van der Waals surface area contributed by atoms with Gasteiger partial charge in [-0.25, -0.2) is 0 Å². The SMILES string of the molecule is COCCNC(=O)CNCc1c(C(C)C)nn(C)c1N(C)C. The van der Waals surface area contributed by atoms with E-state index in [-0.39, 0.29) is 12.5 Å². The molecule has 22 heavy (non-hydrogen) atoms. The summed E-state index contributed by atoms with van der Waals surface area (Å²) in [7, 11) is 7.56. The molecule has 126 valence electrons. The van der Waals surface area contributed by atoms with Gasteiger partial charge in [0.15, 0.2) is 0 Å². The lowest BCUT2D eigenvalue weighted by Gasteiger charge is -2.16. The van der Waals surface area contributed by atoms with Gasteiger partial charge in [0, 0.05) is 46.9 Å². The summed E-state index contributed by atoms with van der Waals surface area (Å²) in [6.45, 7) is 6.21. The number of aromatic nitrogens is 2. The predicted octanol–water partition coefficient (Wildman–Crippen LogP) is 0.462. The van der Waals surface area contributed by atoms with Crippen LogP contribution in [0.25, 0.3) is 0 Å². The second-order valence-electron chi connectivity index (χ2n) is 5.81. The van der Waals surface area contributed by atoms with E-state index >= 15 is 0 Å². The molecule has 1 aromatic heterocycles. The molecule has 1 amide bonds. The molecule has 0 atom stereocenters. The van der Waals surface area contributed by atoms with Crippen LogP contribution >= 0.6 is 0 Å². The first-order valence-electron chi connectivity index (χ1n) is 7.57. The highest BCUT2D eigenvalue weighted by molar-refractivity contribution is 5.77. The molecule has 0 radical (unpaired) electrons. The zero-order chi connectivity index (χ0) is 16.7. The van der Waals surface area contributed by atoms with Crippen molar-refractivity contribution in [2.75, 3.05) is 45.8 Å². The molecule has 2 N–H and O–H groups in total. The number of carbonyl (C=O) groups excluding carboxylic acids is 1. The third-order valence-electron chi connectivity index (χ3n) is 3.33. The molecule has 0 unspecified atom stereocenters. The van der Waals surface area contributed by atoms with Crippen LogP contribution < -0.4 is 15.5 Å². The van der Waals surface area contributed by atoms with Gasteiger partial charge in [0.2, 0.25) is 5.91 Å². The monoisotopic (exact) mass is 311 g/mol. The van der Waals surface area contributed by atoms with Gasteiger partial charge in [0.25, 0.3) is 0 Å². The highest BCUT2D eigenvalue weighted by Gasteiger charge is 2.19. The summed E-state index contributed by atoms with van der Waals surface area (Å²) in [6.07, 6.45) is 0. The van der Waals surface area contributed by atoms with Crippen LogP contribution in [0.2, 0.25) is 0 Å². The lowest BCUT2D eigenvalue weighted by molar-refractivity contribution is -0.120. The quantitative estimate of drug-likeness (QED) is 0.648. The Morgan fingerprint density at radius 2 is 2.09 bits per heavy atom. The minimum atomic E-state index is -0.0292. The summed E-state index contributed by atoms with van der Waals surface area (Å²) >= 11 is 0. The van der Waals surface area contributed by atoms with Crippen molar-refractivity contribution in [3.05, 3.63) is 11.3 Å². The summed E-state index contributed by atoms with van der Waals surface area (Å²) in [5, 5.41) is 10.6. The van der Waals surface area contributed by atoms with Crippen molar-refractivity contribution >= 4 is 11.7 Å². The molecule has 1 rings (SSSR count). The molecule has 0 spiro atoms. The van der Waals surface area contributed by atoms with Crippen molar-refractivity contribution in [3.63, 3.8) is 0 Å². The molecule has 0 saturated carbocycles. The first kappa shape index (κ1) is 18.4. The topological polar surface area (TPSA) is 71.4 Å². The number of hydrogen-bond donors (Lipinski definition) is 2. The second-order valence-corrected chi connectivity index (χ2v) is 5.81. The number of amides is 1. The molecular weight excluding hydrogens is 282 g/mol. The van der Waals surface area contributed by atoms with Crippen molar-refractivity contribution in [3.8, 4) is 0 Å². The second kappa shape index (κ2) is 8.75. The highest BCUT2D eigenvalue weighted by Crippen LogP contribution is 2.26. The first-order chi connectivity index (χ1) is 10.4. The van der Waals surface area contributed by atoms with E-state index in [1.54, 1.807) is 7.11 Å². The number of rotatable bonds is 9. The van der Waals surface area contributed by atoms with Crippen LogP contribution in [0.15, 0.2) is 0 Å². The number of aryl methyl sites for hydroxylation is 1. The van der Waals surface area contributed by atoms with E-state index in [0.29, 0.717) is 25.6 Å². The lowest BCUT2D eigenvalue weighted by Crippen LogP contribution is -2.35. The van der Waals surface area contributed by atoms with Crippen molar-refractivity contribution in [2.24, 2.45) is 7.05 Å². The van der Waals surface area contributed by atoms with Crippen molar-refractivity contribution in [1.29, 1.82) is 0 Å². The van der Waals surface area contributed by atoms with E-state index in [9.17, 15) is 4.79 Å². The summed E-state index contributed by atoms with van der Waals surface area (Å²) in [5.74, 6) is 1.38. The van der Waals surface area contributed by atoms with E-state index in [1.807, 2.05) is 25.8 Å². The van der Waals surface area contributed by atoms with Crippen LogP contribution in [-0.4, -0.2) is 56.6 Å². The summed E-state index contributed by atoms with van der Waals surface area (Å²) in [5.41, 5.74) is 2.21. The molecule has 1 aromatic rings. The number of nitrogens with zero attached hydrogens (tertiary/aromatic N) is 3. The molecule has 0 bridgehead atoms. The summed E-state index contributed by atoms with van der Waals surface area (Å²) in [4.78, 5) is 13.7. The van der Waals surface area contributed by atoms with E-state index in [0.717, 1.165) is 17.1 Å². The Balaban J connectivity index is 2.66. The third-order valence-corrected chi connectivity index (χ3v) is 3.33. The Bertz CT molecular complexity index is 483. The van der Waals surface area contributed by atoms with E-state index in [2.05, 4.69) is 34.5 Å². The molecular formula is C15H29N5O2. The maximum absolute atomic E-state index is 11.7. The molecule has 1 heterocycles. The van der Waals surface area contributed by atoms with Gasteiger partial charge in [-0.05, 0) is 5.92 Å². The molecule has 0 aliphatic rings. The largest absolute Gasteiger partial charge is 0.383 e. The van der Waals surface area contributed by atoms with Gasteiger partial charge in [-0.2, -0.15) is 5.10 Å². The first-order valence-corrected chi connectivity index (χ1v) is 7.57. The third kappa shape index (κ3) is 4.99. The van der Waals surface area contributed by atoms with Crippen LogP contribution in [0.3, 0.4) is 0 Å². The zero-order valence-corrected chi connectivity index (χ0v) is 14.6. The van der Waals surface area contributed by atoms with Crippen LogP contribution in [0.4, 0.5) is 5.82 Å². The number of nitrogens with one attached hydrogen (secondary N) is 2. The maximum Gasteiger partial charge on any atom is 0.234 e. The van der Waals surface area contributed by atoms with E-state index < -0.39 is 0 Å². The number of methoxy groups -OCH3 is 1. The molecule has 0 fully saturated rings. The smallest absolute Gasteiger partial charge is 0.234 e. The van der Waals surface area contributed by atoms with Crippen LogP contribution in [0.5, 0.6) is 0 Å². The number of ether oxygens (including phenoxy) is 1.